The van der Waals surface area contributed by atoms with E-state index in [1.54, 1.807) is 12.1 Å². The van der Waals surface area contributed by atoms with Gasteiger partial charge in [-0.15, -0.1) is 0 Å². The standard InChI is InChI=1S/C17H14ClFN2O2/c18-12-3-1-10(2-4-12)7-20-8-11-9-21-16-14(17(11)23)5-13(22)6-15(16)19/h1-6,9,20,22H,7-8H2,(H,21,23). The molecule has 3 aromatic rings. The number of hydrogen-bond donors (Lipinski definition) is 3. The largest absolute Gasteiger partial charge is 0.508 e. The van der Waals surface area contributed by atoms with Crippen molar-refractivity contribution in [2.45, 2.75) is 13.1 Å². The summed E-state index contributed by atoms with van der Waals surface area (Å²) in [6.45, 7) is 0.897. The van der Waals surface area contributed by atoms with Gasteiger partial charge in [0.15, 0.2) is 11.2 Å². The van der Waals surface area contributed by atoms with Crippen LogP contribution in [-0.4, -0.2) is 10.1 Å². The zero-order valence-electron chi connectivity index (χ0n) is 12.1. The molecule has 0 atom stereocenters. The monoisotopic (exact) mass is 332 g/mol. The van der Waals surface area contributed by atoms with E-state index in [0.29, 0.717) is 23.7 Å². The van der Waals surface area contributed by atoms with E-state index in [1.165, 1.54) is 12.3 Å². The molecule has 0 amide bonds. The Kier molecular flexibility index (Phi) is 4.32. The predicted octanol–water partition coefficient (Wildman–Crippen LogP) is 3.32. The number of halogens is 2. The van der Waals surface area contributed by atoms with E-state index >= 15 is 0 Å². The van der Waals surface area contributed by atoms with E-state index in [4.69, 9.17) is 11.6 Å². The van der Waals surface area contributed by atoms with Crippen molar-refractivity contribution < 1.29 is 9.50 Å². The van der Waals surface area contributed by atoms with E-state index < -0.39 is 5.82 Å². The van der Waals surface area contributed by atoms with Gasteiger partial charge in [0.2, 0.25) is 0 Å². The third kappa shape index (κ3) is 3.36. The van der Waals surface area contributed by atoms with Crippen LogP contribution in [0.3, 0.4) is 0 Å². The summed E-state index contributed by atoms with van der Waals surface area (Å²) >= 11 is 5.83. The lowest BCUT2D eigenvalue weighted by Gasteiger charge is -2.07. The number of phenols is 1. The molecule has 3 rings (SSSR count). The Bertz CT molecular complexity index is 907. The lowest BCUT2D eigenvalue weighted by atomic mass is 10.1. The summed E-state index contributed by atoms with van der Waals surface area (Å²) in [5, 5.41) is 13.4. The molecule has 2 aromatic carbocycles. The molecule has 1 heterocycles. The van der Waals surface area contributed by atoms with Gasteiger partial charge in [0, 0.05) is 35.9 Å². The molecule has 0 aliphatic heterocycles. The summed E-state index contributed by atoms with van der Waals surface area (Å²) in [6.07, 6.45) is 1.49. The molecule has 0 unspecified atom stereocenters. The van der Waals surface area contributed by atoms with Crippen molar-refractivity contribution in [3.63, 3.8) is 0 Å². The highest BCUT2D eigenvalue weighted by molar-refractivity contribution is 6.30. The van der Waals surface area contributed by atoms with Gasteiger partial charge >= 0.3 is 0 Å². The van der Waals surface area contributed by atoms with Gasteiger partial charge in [-0.05, 0) is 23.8 Å². The van der Waals surface area contributed by atoms with Gasteiger partial charge in [-0.1, -0.05) is 23.7 Å². The zero-order chi connectivity index (χ0) is 16.4. The summed E-state index contributed by atoms with van der Waals surface area (Å²) in [5.41, 5.74) is 1.29. The quantitative estimate of drug-likeness (QED) is 0.686. The van der Waals surface area contributed by atoms with E-state index in [-0.39, 0.29) is 22.1 Å². The highest BCUT2D eigenvalue weighted by atomic mass is 35.5. The predicted molar refractivity (Wildman–Crippen MR) is 88.2 cm³/mol. The van der Waals surface area contributed by atoms with Crippen LogP contribution in [0.15, 0.2) is 47.4 Å². The van der Waals surface area contributed by atoms with Gasteiger partial charge in [-0.2, -0.15) is 0 Å². The number of pyridine rings is 1. The smallest absolute Gasteiger partial charge is 0.194 e. The fourth-order valence-corrected chi connectivity index (χ4v) is 2.52. The van der Waals surface area contributed by atoms with E-state index in [1.807, 2.05) is 12.1 Å². The number of H-pyrrole nitrogens is 1. The molecule has 0 saturated heterocycles. The lowest BCUT2D eigenvalue weighted by molar-refractivity contribution is 0.470. The molecule has 0 aliphatic rings. The SMILES string of the molecule is O=c1c(CNCc2ccc(Cl)cc2)c[nH]c2c(F)cc(O)cc12. The van der Waals surface area contributed by atoms with E-state index in [9.17, 15) is 14.3 Å². The van der Waals surface area contributed by atoms with Crippen molar-refractivity contribution in [3.8, 4) is 5.75 Å². The number of aromatic nitrogens is 1. The van der Waals surface area contributed by atoms with Crippen LogP contribution < -0.4 is 10.7 Å². The van der Waals surface area contributed by atoms with Crippen LogP contribution in [0.2, 0.25) is 5.02 Å². The molecule has 0 fully saturated rings. The summed E-state index contributed by atoms with van der Waals surface area (Å²) in [6, 6.07) is 9.62. The fraction of sp³-hybridized carbons (Fsp3) is 0.118. The van der Waals surface area contributed by atoms with Gasteiger partial charge in [-0.25, -0.2) is 4.39 Å². The van der Waals surface area contributed by atoms with Crippen LogP contribution in [0.1, 0.15) is 11.1 Å². The van der Waals surface area contributed by atoms with Crippen LogP contribution in [0, 0.1) is 5.82 Å². The lowest BCUT2D eigenvalue weighted by Crippen LogP contribution is -2.20. The number of nitrogens with one attached hydrogen (secondary N) is 2. The van der Waals surface area contributed by atoms with Crippen molar-refractivity contribution >= 4 is 22.5 Å². The first kappa shape index (κ1) is 15.5. The number of phenolic OH excluding ortho intramolecular Hbond substituents is 1. The molecule has 0 saturated carbocycles. The molecule has 23 heavy (non-hydrogen) atoms. The Morgan fingerprint density at radius 3 is 2.65 bits per heavy atom. The Balaban J connectivity index is 1.79. The van der Waals surface area contributed by atoms with Crippen LogP contribution in [0.5, 0.6) is 5.75 Å². The Hall–Kier alpha value is -2.37. The van der Waals surface area contributed by atoms with Gasteiger partial charge < -0.3 is 15.4 Å². The molecule has 1 aromatic heterocycles. The van der Waals surface area contributed by atoms with Crippen molar-refractivity contribution in [1.29, 1.82) is 0 Å². The molecular weight excluding hydrogens is 319 g/mol. The third-order valence-corrected chi connectivity index (χ3v) is 3.81. The molecule has 6 heteroatoms. The van der Waals surface area contributed by atoms with E-state index in [2.05, 4.69) is 10.3 Å². The second kappa shape index (κ2) is 6.40. The highest BCUT2D eigenvalue weighted by Crippen LogP contribution is 2.19. The summed E-state index contributed by atoms with van der Waals surface area (Å²) in [7, 11) is 0. The van der Waals surface area contributed by atoms with Crippen LogP contribution in [0.4, 0.5) is 4.39 Å². The summed E-state index contributed by atoms with van der Waals surface area (Å²) in [4.78, 5) is 15.1. The maximum absolute atomic E-state index is 13.7. The molecule has 0 bridgehead atoms. The Morgan fingerprint density at radius 2 is 1.91 bits per heavy atom. The van der Waals surface area contributed by atoms with E-state index in [0.717, 1.165) is 11.6 Å². The number of hydrogen-bond acceptors (Lipinski definition) is 3. The molecule has 118 valence electrons. The Morgan fingerprint density at radius 1 is 1.17 bits per heavy atom. The number of aromatic amines is 1. The number of rotatable bonds is 4. The second-order valence-electron chi connectivity index (χ2n) is 5.22. The average molecular weight is 333 g/mol. The summed E-state index contributed by atoms with van der Waals surface area (Å²) in [5.74, 6) is -0.926. The van der Waals surface area contributed by atoms with Crippen LogP contribution in [0.25, 0.3) is 10.9 Å². The number of fused-ring (bicyclic) bond motifs is 1. The van der Waals surface area contributed by atoms with Crippen molar-refractivity contribution in [1.82, 2.24) is 10.3 Å². The first-order valence-corrected chi connectivity index (χ1v) is 7.40. The number of benzene rings is 2. The van der Waals surface area contributed by atoms with Gasteiger partial charge in [0.05, 0.1) is 10.9 Å². The normalized spacial score (nSPS) is 11.0. The molecular formula is C17H14ClFN2O2. The molecule has 3 N–H and O–H groups in total. The molecule has 0 aliphatic carbocycles. The minimum atomic E-state index is -0.655. The fourth-order valence-electron chi connectivity index (χ4n) is 2.39. The third-order valence-electron chi connectivity index (χ3n) is 3.56. The molecule has 4 nitrogen and oxygen atoms in total. The maximum Gasteiger partial charge on any atom is 0.194 e. The molecule has 0 radical (unpaired) electrons. The van der Waals surface area contributed by atoms with Crippen molar-refractivity contribution in [2.24, 2.45) is 0 Å². The first-order chi connectivity index (χ1) is 11.0. The minimum Gasteiger partial charge on any atom is -0.508 e. The van der Waals surface area contributed by atoms with Crippen molar-refractivity contribution in [2.75, 3.05) is 0 Å². The first-order valence-electron chi connectivity index (χ1n) is 7.02. The highest BCUT2D eigenvalue weighted by Gasteiger charge is 2.10. The van der Waals surface area contributed by atoms with Gasteiger partial charge in [0.1, 0.15) is 5.75 Å². The second-order valence-corrected chi connectivity index (χ2v) is 5.66. The summed E-state index contributed by atoms with van der Waals surface area (Å²) < 4.78 is 13.7. The minimum absolute atomic E-state index is 0.0919. The maximum atomic E-state index is 13.7. The van der Waals surface area contributed by atoms with Gasteiger partial charge in [-0.3, -0.25) is 4.79 Å². The number of aromatic hydroxyl groups is 1. The van der Waals surface area contributed by atoms with Gasteiger partial charge in [0.25, 0.3) is 0 Å². The Labute approximate surface area is 136 Å². The van der Waals surface area contributed by atoms with Crippen molar-refractivity contribution in [3.05, 3.63) is 74.8 Å². The topological polar surface area (TPSA) is 65.1 Å². The average Bonchev–Trinajstić information content (AvgIpc) is 2.52. The molecule has 0 spiro atoms. The van der Waals surface area contributed by atoms with Crippen LogP contribution >= 0.6 is 11.6 Å². The van der Waals surface area contributed by atoms with Crippen LogP contribution in [-0.2, 0) is 13.1 Å². The zero-order valence-corrected chi connectivity index (χ0v) is 12.8.